The van der Waals surface area contributed by atoms with Crippen molar-refractivity contribution in [1.82, 2.24) is 10.2 Å². The van der Waals surface area contributed by atoms with Crippen LogP contribution in [-0.4, -0.2) is 47.4 Å². The van der Waals surface area contributed by atoms with Crippen molar-refractivity contribution in [3.8, 4) is 0 Å². The van der Waals surface area contributed by atoms with E-state index >= 15 is 0 Å². The van der Waals surface area contributed by atoms with Crippen LogP contribution < -0.4 is 5.32 Å². The Balaban J connectivity index is 1.82. The van der Waals surface area contributed by atoms with Crippen molar-refractivity contribution in [1.29, 1.82) is 0 Å². The van der Waals surface area contributed by atoms with Gasteiger partial charge in [0.1, 0.15) is 18.0 Å². The molecule has 0 unspecified atom stereocenters. The number of hydrogen-bond donors (Lipinski definition) is 2. The van der Waals surface area contributed by atoms with Gasteiger partial charge < -0.3 is 24.8 Å². The van der Waals surface area contributed by atoms with Gasteiger partial charge in [-0.1, -0.05) is 30.3 Å². The molecule has 7 nitrogen and oxygen atoms in total. The maximum atomic E-state index is 12.3. The van der Waals surface area contributed by atoms with E-state index < -0.39 is 17.7 Å². The number of allylic oxidation sites excluding steroid dienone is 1. The van der Waals surface area contributed by atoms with Crippen LogP contribution in [0.2, 0.25) is 0 Å². The van der Waals surface area contributed by atoms with Gasteiger partial charge in [-0.2, -0.15) is 0 Å². The summed E-state index contributed by atoms with van der Waals surface area (Å²) >= 11 is 0. The Bertz CT molecular complexity index is 749. The summed E-state index contributed by atoms with van der Waals surface area (Å²) in [6.07, 6.45) is 3.92. The Morgan fingerprint density at radius 1 is 1.16 bits per heavy atom. The number of nitrogens with zero attached hydrogens (tertiary/aromatic N) is 1. The first-order valence-electron chi connectivity index (χ1n) is 11.0. The van der Waals surface area contributed by atoms with Gasteiger partial charge in [-0.3, -0.25) is 0 Å². The standard InChI is InChI=1S/C24H36N2O5/c1-24(2,3)31-23(29)26(4)16-9-8-15-20(21(27)19-13-10-14-19)25-22(28)30-17-18-11-6-5-7-12-18/h5-7,11-12,20,27H,8-10,13-17H2,1-4H3,(H,25,28)/t20-/m0/s1. The Hall–Kier alpha value is -2.70. The van der Waals surface area contributed by atoms with E-state index in [2.05, 4.69) is 5.32 Å². The summed E-state index contributed by atoms with van der Waals surface area (Å²) in [5, 5.41) is 13.4. The van der Waals surface area contributed by atoms with Crippen LogP contribution in [-0.2, 0) is 16.1 Å². The molecule has 0 heterocycles. The van der Waals surface area contributed by atoms with Crippen LogP contribution in [0.1, 0.15) is 64.9 Å². The highest BCUT2D eigenvalue weighted by atomic mass is 16.6. The van der Waals surface area contributed by atoms with E-state index in [-0.39, 0.29) is 18.5 Å². The predicted molar refractivity (Wildman–Crippen MR) is 120 cm³/mol. The fourth-order valence-electron chi connectivity index (χ4n) is 3.17. The maximum absolute atomic E-state index is 12.3. The van der Waals surface area contributed by atoms with Gasteiger partial charge in [0.2, 0.25) is 0 Å². The summed E-state index contributed by atoms with van der Waals surface area (Å²) < 4.78 is 10.7. The lowest BCUT2D eigenvalue weighted by molar-refractivity contribution is 0.0296. The maximum Gasteiger partial charge on any atom is 0.410 e. The molecule has 1 aliphatic rings. The van der Waals surface area contributed by atoms with Gasteiger partial charge in [0.05, 0.1) is 6.04 Å². The Morgan fingerprint density at radius 2 is 1.84 bits per heavy atom. The van der Waals surface area contributed by atoms with Crippen molar-refractivity contribution >= 4 is 12.2 Å². The Morgan fingerprint density at radius 3 is 2.42 bits per heavy atom. The summed E-state index contributed by atoms with van der Waals surface area (Å²) in [6.45, 7) is 6.22. The summed E-state index contributed by atoms with van der Waals surface area (Å²) in [6, 6.07) is 8.98. The molecule has 1 atom stereocenters. The van der Waals surface area contributed by atoms with Gasteiger partial charge in [0, 0.05) is 13.6 Å². The Labute approximate surface area is 185 Å². The van der Waals surface area contributed by atoms with Crippen molar-refractivity contribution in [2.75, 3.05) is 13.6 Å². The number of alkyl carbamates (subject to hydrolysis) is 1. The third-order valence-corrected chi connectivity index (χ3v) is 5.10. The van der Waals surface area contributed by atoms with Crippen LogP contribution in [0.25, 0.3) is 0 Å². The first-order valence-corrected chi connectivity index (χ1v) is 11.0. The van der Waals surface area contributed by atoms with Crippen LogP contribution in [0, 0.1) is 0 Å². The fraction of sp³-hybridized carbons (Fsp3) is 0.583. The second-order valence-electron chi connectivity index (χ2n) is 9.00. The van der Waals surface area contributed by atoms with E-state index in [4.69, 9.17) is 9.47 Å². The van der Waals surface area contributed by atoms with Crippen molar-refractivity contribution < 1.29 is 24.2 Å². The zero-order valence-corrected chi connectivity index (χ0v) is 19.1. The minimum atomic E-state index is -0.550. The minimum Gasteiger partial charge on any atom is -0.510 e. The van der Waals surface area contributed by atoms with E-state index in [1.807, 2.05) is 51.1 Å². The number of unbranched alkanes of at least 4 members (excludes halogenated alkanes) is 1. The van der Waals surface area contributed by atoms with Gasteiger partial charge in [0.25, 0.3) is 0 Å². The fourth-order valence-corrected chi connectivity index (χ4v) is 3.17. The van der Waals surface area contributed by atoms with Crippen LogP contribution in [0.3, 0.4) is 0 Å². The lowest BCUT2D eigenvalue weighted by Gasteiger charge is -2.26. The summed E-state index contributed by atoms with van der Waals surface area (Å²) in [5.41, 5.74) is 1.38. The highest BCUT2D eigenvalue weighted by Crippen LogP contribution is 2.30. The number of nitrogens with one attached hydrogen (secondary N) is 1. The van der Waals surface area contributed by atoms with Crippen molar-refractivity contribution in [3.05, 3.63) is 47.2 Å². The molecule has 2 rings (SSSR count). The number of carbonyl (C=O) groups excluding carboxylic acids is 2. The molecule has 1 aromatic carbocycles. The molecule has 2 amide bonds. The van der Waals surface area contributed by atoms with Crippen molar-refractivity contribution in [3.63, 3.8) is 0 Å². The van der Waals surface area contributed by atoms with E-state index in [9.17, 15) is 14.7 Å². The number of rotatable bonds is 9. The number of carbonyl (C=O) groups is 2. The molecule has 172 valence electrons. The van der Waals surface area contributed by atoms with E-state index in [1.165, 1.54) is 0 Å². The molecular formula is C24H36N2O5. The van der Waals surface area contributed by atoms with Crippen LogP contribution in [0.4, 0.5) is 9.59 Å². The third kappa shape index (κ3) is 8.90. The number of ether oxygens (including phenoxy) is 2. The topological polar surface area (TPSA) is 88.1 Å². The van der Waals surface area contributed by atoms with E-state index in [1.54, 1.807) is 11.9 Å². The number of aliphatic hydroxyl groups is 1. The number of amides is 2. The SMILES string of the molecule is CN(CCCC[C@H](NC(=O)OCc1ccccc1)C(O)=C1CCC1)C(=O)OC(C)(C)C. The average molecular weight is 433 g/mol. The Kier molecular flexibility index (Phi) is 9.21. The lowest BCUT2D eigenvalue weighted by Crippen LogP contribution is -2.38. The van der Waals surface area contributed by atoms with Crippen LogP contribution in [0.5, 0.6) is 0 Å². The van der Waals surface area contributed by atoms with Crippen molar-refractivity contribution in [2.24, 2.45) is 0 Å². The van der Waals surface area contributed by atoms with Crippen molar-refractivity contribution in [2.45, 2.75) is 77.5 Å². The van der Waals surface area contributed by atoms with Gasteiger partial charge in [0.15, 0.2) is 0 Å². The van der Waals surface area contributed by atoms with Gasteiger partial charge in [-0.25, -0.2) is 9.59 Å². The number of hydrogen-bond acceptors (Lipinski definition) is 5. The molecule has 0 spiro atoms. The molecule has 0 radical (unpaired) electrons. The molecule has 7 heteroatoms. The van der Waals surface area contributed by atoms with Gasteiger partial charge in [-0.05, 0) is 70.4 Å². The van der Waals surface area contributed by atoms with Gasteiger partial charge >= 0.3 is 12.2 Å². The molecule has 0 bridgehead atoms. The molecule has 2 N–H and O–H groups in total. The summed E-state index contributed by atoms with van der Waals surface area (Å²) in [5.74, 6) is 0.253. The monoisotopic (exact) mass is 432 g/mol. The zero-order chi connectivity index (χ0) is 22.9. The summed E-state index contributed by atoms with van der Waals surface area (Å²) in [7, 11) is 1.71. The molecular weight excluding hydrogens is 396 g/mol. The summed E-state index contributed by atoms with van der Waals surface area (Å²) in [4.78, 5) is 25.9. The number of aliphatic hydroxyl groups excluding tert-OH is 1. The lowest BCUT2D eigenvalue weighted by atomic mass is 9.88. The molecule has 1 fully saturated rings. The van der Waals surface area contributed by atoms with Gasteiger partial charge in [-0.15, -0.1) is 0 Å². The first-order chi connectivity index (χ1) is 14.7. The van der Waals surface area contributed by atoms with Crippen LogP contribution in [0.15, 0.2) is 41.7 Å². The highest BCUT2D eigenvalue weighted by molar-refractivity contribution is 5.68. The molecule has 31 heavy (non-hydrogen) atoms. The molecule has 1 saturated carbocycles. The molecule has 0 aliphatic heterocycles. The van der Waals surface area contributed by atoms with Crippen LogP contribution >= 0.6 is 0 Å². The largest absolute Gasteiger partial charge is 0.510 e. The number of benzene rings is 1. The third-order valence-electron chi connectivity index (χ3n) is 5.10. The zero-order valence-electron chi connectivity index (χ0n) is 19.1. The predicted octanol–water partition coefficient (Wildman–Crippen LogP) is 5.31. The van der Waals surface area contributed by atoms with E-state index in [0.29, 0.717) is 13.0 Å². The quantitative estimate of drug-likeness (QED) is 0.408. The second-order valence-corrected chi connectivity index (χ2v) is 9.00. The smallest absolute Gasteiger partial charge is 0.410 e. The van der Waals surface area contributed by atoms with E-state index in [0.717, 1.165) is 43.2 Å². The molecule has 0 aromatic heterocycles. The molecule has 1 aromatic rings. The first kappa shape index (κ1) is 24.6. The normalized spacial score (nSPS) is 14.3. The average Bonchev–Trinajstić information content (AvgIpc) is 2.66. The minimum absolute atomic E-state index is 0.178. The second kappa shape index (κ2) is 11.6. The molecule has 1 aliphatic carbocycles. The molecule has 0 saturated heterocycles. The highest BCUT2D eigenvalue weighted by Gasteiger charge is 2.24.